The van der Waals surface area contributed by atoms with E-state index in [1.807, 2.05) is 42.6 Å². The zero-order valence-corrected chi connectivity index (χ0v) is 15.8. The molecule has 0 aliphatic rings. The second-order valence-electron chi connectivity index (χ2n) is 7.08. The van der Waals surface area contributed by atoms with Crippen LogP contribution in [0.5, 0.6) is 0 Å². The molecule has 0 bridgehead atoms. The molecular formula is C24H21FN2O. The minimum absolute atomic E-state index is 0.161. The van der Waals surface area contributed by atoms with Gasteiger partial charge in [-0.25, -0.2) is 9.18 Å². The molecule has 0 unspecified atom stereocenters. The van der Waals surface area contributed by atoms with Crippen LogP contribution in [0.1, 0.15) is 25.3 Å². The van der Waals surface area contributed by atoms with Crippen LogP contribution in [0.4, 0.5) is 14.9 Å². The van der Waals surface area contributed by atoms with Crippen molar-refractivity contribution in [2.75, 3.05) is 5.32 Å². The molecule has 0 fully saturated rings. The topological polar surface area (TPSA) is 34.0 Å². The molecule has 0 aliphatic heterocycles. The number of carbonyl (C=O) groups excluding carboxylic acids is 1. The van der Waals surface area contributed by atoms with E-state index < -0.39 is 11.8 Å². The Morgan fingerprint density at radius 1 is 0.893 bits per heavy atom. The molecule has 0 spiro atoms. The van der Waals surface area contributed by atoms with Crippen molar-refractivity contribution in [1.82, 2.24) is 4.57 Å². The molecule has 28 heavy (non-hydrogen) atoms. The molecule has 0 atom stereocenters. The van der Waals surface area contributed by atoms with Crippen LogP contribution in [-0.2, 0) is 0 Å². The zero-order chi connectivity index (χ0) is 19.7. The number of hydrogen-bond acceptors (Lipinski definition) is 1. The minimum Gasteiger partial charge on any atom is -0.304 e. The number of amides is 1. The number of fused-ring (bicyclic) bond motifs is 1. The molecule has 0 saturated carbocycles. The summed E-state index contributed by atoms with van der Waals surface area (Å²) in [4.78, 5) is 12.9. The number of benzene rings is 3. The average molecular weight is 372 g/mol. The minimum atomic E-state index is -0.460. The van der Waals surface area contributed by atoms with Crippen molar-refractivity contribution in [3.63, 3.8) is 0 Å². The van der Waals surface area contributed by atoms with Gasteiger partial charge in [-0.15, -0.1) is 0 Å². The quantitative estimate of drug-likeness (QED) is 0.429. The number of nitrogens with one attached hydrogen (secondary N) is 1. The Balaban J connectivity index is 1.84. The lowest BCUT2D eigenvalue weighted by atomic mass is 9.92. The Kier molecular flexibility index (Phi) is 4.70. The highest BCUT2D eigenvalue weighted by atomic mass is 19.1. The second kappa shape index (κ2) is 7.31. The standard InChI is InChI=1S/C24H21FN2O/c1-16(2)17-9-3-4-10-18(17)20-15-27(23-14-8-5-11-19(20)23)24(28)26-22-13-7-6-12-21(22)25/h3-16H,1-2H3,(H,26,28). The van der Waals surface area contributed by atoms with Crippen LogP contribution in [0.3, 0.4) is 0 Å². The first-order chi connectivity index (χ1) is 13.6. The van der Waals surface area contributed by atoms with Crippen LogP contribution in [0, 0.1) is 5.82 Å². The summed E-state index contributed by atoms with van der Waals surface area (Å²) in [6, 6.07) is 21.8. The summed E-state index contributed by atoms with van der Waals surface area (Å²) in [6.07, 6.45) is 1.84. The van der Waals surface area contributed by atoms with Gasteiger partial charge < -0.3 is 5.32 Å². The predicted octanol–water partition coefficient (Wildman–Crippen LogP) is 6.65. The third kappa shape index (κ3) is 3.18. The van der Waals surface area contributed by atoms with E-state index in [1.54, 1.807) is 22.8 Å². The van der Waals surface area contributed by atoms with Gasteiger partial charge in [0.05, 0.1) is 11.2 Å². The Morgan fingerprint density at radius 3 is 2.36 bits per heavy atom. The number of halogens is 1. The van der Waals surface area contributed by atoms with Crippen LogP contribution in [-0.4, -0.2) is 10.6 Å². The molecule has 4 heteroatoms. The average Bonchev–Trinajstić information content (AvgIpc) is 3.09. The maximum atomic E-state index is 14.0. The molecule has 4 aromatic rings. The maximum absolute atomic E-state index is 14.0. The highest BCUT2D eigenvalue weighted by molar-refractivity contribution is 6.05. The highest BCUT2D eigenvalue weighted by Gasteiger charge is 2.18. The molecule has 1 amide bonds. The first-order valence-corrected chi connectivity index (χ1v) is 9.31. The van der Waals surface area contributed by atoms with Crippen LogP contribution in [0.25, 0.3) is 22.0 Å². The molecule has 0 saturated heterocycles. The van der Waals surface area contributed by atoms with Crippen LogP contribution in [0.2, 0.25) is 0 Å². The maximum Gasteiger partial charge on any atom is 0.330 e. The van der Waals surface area contributed by atoms with Gasteiger partial charge in [0.2, 0.25) is 0 Å². The second-order valence-corrected chi connectivity index (χ2v) is 7.08. The number of rotatable bonds is 3. The zero-order valence-electron chi connectivity index (χ0n) is 15.8. The number of carbonyl (C=O) groups is 1. The monoisotopic (exact) mass is 372 g/mol. The molecule has 3 aromatic carbocycles. The van der Waals surface area contributed by atoms with E-state index in [4.69, 9.17) is 0 Å². The van der Waals surface area contributed by atoms with Gasteiger partial charge in [-0.3, -0.25) is 4.57 Å². The van der Waals surface area contributed by atoms with E-state index >= 15 is 0 Å². The van der Waals surface area contributed by atoms with Crippen LogP contribution in [0.15, 0.2) is 79.0 Å². The normalized spacial score (nSPS) is 11.1. The van der Waals surface area contributed by atoms with Crippen molar-refractivity contribution in [2.24, 2.45) is 0 Å². The predicted molar refractivity (Wildman–Crippen MR) is 112 cm³/mol. The van der Waals surface area contributed by atoms with Crippen molar-refractivity contribution < 1.29 is 9.18 Å². The highest BCUT2D eigenvalue weighted by Crippen LogP contribution is 2.35. The molecule has 1 aromatic heterocycles. The molecule has 140 valence electrons. The molecule has 3 nitrogen and oxygen atoms in total. The largest absolute Gasteiger partial charge is 0.330 e. The molecule has 0 aliphatic carbocycles. The fraction of sp³-hybridized carbons (Fsp3) is 0.125. The van der Waals surface area contributed by atoms with Gasteiger partial charge in [-0.2, -0.15) is 0 Å². The van der Waals surface area contributed by atoms with E-state index in [0.29, 0.717) is 5.92 Å². The summed E-state index contributed by atoms with van der Waals surface area (Å²) in [6.45, 7) is 4.31. The van der Waals surface area contributed by atoms with Gasteiger partial charge in [0, 0.05) is 17.1 Å². The van der Waals surface area contributed by atoms with Crippen molar-refractivity contribution >= 4 is 22.6 Å². The number of nitrogens with zero attached hydrogens (tertiary/aromatic N) is 1. The van der Waals surface area contributed by atoms with Gasteiger partial charge in [0.25, 0.3) is 0 Å². The number of aromatic nitrogens is 1. The SMILES string of the molecule is CC(C)c1ccccc1-c1cn(C(=O)Nc2ccccc2F)c2ccccc12. The summed E-state index contributed by atoms with van der Waals surface area (Å²) in [7, 11) is 0. The van der Waals surface area contributed by atoms with E-state index in [-0.39, 0.29) is 5.69 Å². The molecule has 1 heterocycles. The van der Waals surface area contributed by atoms with Crippen LogP contribution < -0.4 is 5.32 Å². The fourth-order valence-electron chi connectivity index (χ4n) is 3.55. The van der Waals surface area contributed by atoms with E-state index in [1.165, 1.54) is 11.6 Å². The smallest absolute Gasteiger partial charge is 0.304 e. The van der Waals surface area contributed by atoms with Gasteiger partial charge in [-0.1, -0.05) is 68.4 Å². The summed E-state index contributed by atoms with van der Waals surface area (Å²) < 4.78 is 15.5. The van der Waals surface area contributed by atoms with Crippen molar-refractivity contribution in [1.29, 1.82) is 0 Å². The lowest BCUT2D eigenvalue weighted by Crippen LogP contribution is -2.19. The summed E-state index contributed by atoms with van der Waals surface area (Å²) >= 11 is 0. The summed E-state index contributed by atoms with van der Waals surface area (Å²) in [5, 5.41) is 3.66. The third-order valence-electron chi connectivity index (χ3n) is 4.92. The van der Waals surface area contributed by atoms with Gasteiger partial charge in [0.15, 0.2) is 0 Å². The number of anilines is 1. The first-order valence-electron chi connectivity index (χ1n) is 9.31. The number of para-hydroxylation sites is 2. The molecule has 1 N–H and O–H groups in total. The molecule has 0 radical (unpaired) electrons. The number of hydrogen-bond donors (Lipinski definition) is 1. The Labute approximate surface area is 163 Å². The lowest BCUT2D eigenvalue weighted by molar-refractivity contribution is 0.254. The van der Waals surface area contributed by atoms with Crippen molar-refractivity contribution in [3.8, 4) is 11.1 Å². The van der Waals surface area contributed by atoms with Crippen molar-refractivity contribution in [3.05, 3.63) is 90.4 Å². The molecule has 4 rings (SSSR count). The Hall–Kier alpha value is -3.40. The summed E-state index contributed by atoms with van der Waals surface area (Å²) in [5.41, 5.74) is 4.26. The fourth-order valence-corrected chi connectivity index (χ4v) is 3.55. The van der Waals surface area contributed by atoms with E-state index in [0.717, 1.165) is 22.0 Å². The third-order valence-corrected chi connectivity index (χ3v) is 4.92. The van der Waals surface area contributed by atoms with Gasteiger partial charge in [0.1, 0.15) is 5.82 Å². The van der Waals surface area contributed by atoms with E-state index in [9.17, 15) is 9.18 Å². The lowest BCUT2D eigenvalue weighted by Gasteiger charge is -2.12. The summed E-state index contributed by atoms with van der Waals surface area (Å²) in [5.74, 6) is -0.108. The molecular weight excluding hydrogens is 351 g/mol. The first kappa shape index (κ1) is 18.0. The van der Waals surface area contributed by atoms with E-state index in [2.05, 4.69) is 31.3 Å². The Bertz CT molecular complexity index is 1160. The van der Waals surface area contributed by atoms with Crippen molar-refractivity contribution in [2.45, 2.75) is 19.8 Å². The van der Waals surface area contributed by atoms with Gasteiger partial charge in [-0.05, 0) is 35.2 Å². The van der Waals surface area contributed by atoms with Crippen LogP contribution >= 0.6 is 0 Å². The Morgan fingerprint density at radius 2 is 1.57 bits per heavy atom. The van der Waals surface area contributed by atoms with Gasteiger partial charge >= 0.3 is 6.03 Å².